The maximum Gasteiger partial charge on any atom is 0.227 e. The second-order valence-corrected chi connectivity index (χ2v) is 9.05. The van der Waals surface area contributed by atoms with Crippen molar-refractivity contribution in [3.8, 4) is 11.4 Å². The van der Waals surface area contributed by atoms with Crippen LogP contribution in [0.15, 0.2) is 77.9 Å². The third kappa shape index (κ3) is 3.26. The van der Waals surface area contributed by atoms with E-state index in [0.717, 1.165) is 44.8 Å². The van der Waals surface area contributed by atoms with Gasteiger partial charge in [-0.2, -0.15) is 0 Å². The SMILES string of the molecule is CC1NNc2cc(Nc3ncc4c(n3)-c3[nH]c5ccccc5c3C(c3ccccc3F)=NC4)ccc21. The molecule has 2 aliphatic heterocycles. The summed E-state index contributed by atoms with van der Waals surface area (Å²) in [7, 11) is 0. The van der Waals surface area contributed by atoms with E-state index in [9.17, 15) is 4.39 Å². The van der Waals surface area contributed by atoms with Crippen LogP contribution in [-0.4, -0.2) is 20.7 Å². The van der Waals surface area contributed by atoms with Crippen LogP contribution in [0.25, 0.3) is 22.3 Å². The maximum absolute atomic E-state index is 14.9. The summed E-state index contributed by atoms with van der Waals surface area (Å²) in [6.07, 6.45) is 1.79. The third-order valence-corrected chi connectivity index (χ3v) is 6.78. The molecule has 7 nitrogen and oxygen atoms in total. The lowest BCUT2D eigenvalue weighted by Gasteiger charge is -2.10. The second kappa shape index (κ2) is 8.00. The fourth-order valence-electron chi connectivity index (χ4n) is 4.99. The van der Waals surface area contributed by atoms with Crippen molar-refractivity contribution in [2.75, 3.05) is 10.7 Å². The number of nitrogens with one attached hydrogen (secondary N) is 4. The van der Waals surface area contributed by atoms with Crippen molar-refractivity contribution >= 4 is 33.9 Å². The summed E-state index contributed by atoms with van der Waals surface area (Å²) >= 11 is 0. The number of hydrogen-bond acceptors (Lipinski definition) is 6. The molecule has 0 radical (unpaired) electrons. The number of hydrazine groups is 1. The van der Waals surface area contributed by atoms with Gasteiger partial charge in [0.25, 0.3) is 0 Å². The van der Waals surface area contributed by atoms with Crippen molar-refractivity contribution in [3.05, 3.63) is 101 Å². The van der Waals surface area contributed by atoms with Crippen LogP contribution in [-0.2, 0) is 6.54 Å². The number of benzene rings is 3. The zero-order valence-electron chi connectivity index (χ0n) is 19.4. The van der Waals surface area contributed by atoms with Crippen LogP contribution in [0.5, 0.6) is 0 Å². The van der Waals surface area contributed by atoms with E-state index in [2.05, 4.69) is 39.1 Å². The highest BCUT2D eigenvalue weighted by atomic mass is 19.1. The molecule has 0 amide bonds. The Bertz CT molecular complexity index is 1690. The number of aromatic nitrogens is 3. The van der Waals surface area contributed by atoms with Gasteiger partial charge in [0, 0.05) is 39.5 Å². The van der Waals surface area contributed by atoms with Crippen LogP contribution >= 0.6 is 0 Å². The number of hydrogen-bond donors (Lipinski definition) is 4. The molecule has 0 spiro atoms. The predicted octanol–water partition coefficient (Wildman–Crippen LogP) is 5.85. The Morgan fingerprint density at radius 2 is 1.89 bits per heavy atom. The number of aliphatic imine (C=N–C) groups is 1. The second-order valence-electron chi connectivity index (χ2n) is 9.05. The van der Waals surface area contributed by atoms with Crippen molar-refractivity contribution in [2.45, 2.75) is 19.5 Å². The first kappa shape index (κ1) is 20.8. The Morgan fingerprint density at radius 3 is 2.81 bits per heavy atom. The molecule has 36 heavy (non-hydrogen) atoms. The van der Waals surface area contributed by atoms with E-state index in [1.807, 2.05) is 42.5 Å². The molecule has 176 valence electrons. The quantitative estimate of drug-likeness (QED) is 0.263. The summed E-state index contributed by atoms with van der Waals surface area (Å²) in [5.41, 5.74) is 14.8. The zero-order chi connectivity index (χ0) is 24.2. The molecule has 2 aromatic heterocycles. The van der Waals surface area contributed by atoms with E-state index in [1.54, 1.807) is 18.3 Å². The first-order chi connectivity index (χ1) is 17.7. The molecule has 5 aromatic rings. The molecule has 4 N–H and O–H groups in total. The van der Waals surface area contributed by atoms with Gasteiger partial charge in [-0.3, -0.25) is 4.99 Å². The smallest absolute Gasteiger partial charge is 0.227 e. The molecule has 2 aliphatic rings. The molecule has 0 saturated heterocycles. The van der Waals surface area contributed by atoms with E-state index in [4.69, 9.17) is 9.98 Å². The highest BCUT2D eigenvalue weighted by Gasteiger charge is 2.26. The van der Waals surface area contributed by atoms with Gasteiger partial charge >= 0.3 is 0 Å². The number of halogens is 1. The summed E-state index contributed by atoms with van der Waals surface area (Å²) < 4.78 is 14.9. The van der Waals surface area contributed by atoms with E-state index in [0.29, 0.717) is 23.8 Å². The van der Waals surface area contributed by atoms with Crippen LogP contribution in [0.1, 0.15) is 35.2 Å². The molecule has 7 rings (SSSR count). The molecule has 0 aliphatic carbocycles. The molecule has 0 fully saturated rings. The van der Waals surface area contributed by atoms with Crippen molar-refractivity contribution in [2.24, 2.45) is 4.99 Å². The first-order valence-corrected chi connectivity index (χ1v) is 11.8. The number of fused-ring (bicyclic) bond motifs is 6. The van der Waals surface area contributed by atoms with Crippen LogP contribution in [0.2, 0.25) is 0 Å². The molecule has 0 bridgehead atoms. The summed E-state index contributed by atoms with van der Waals surface area (Å²) in [5.74, 6) is 0.174. The summed E-state index contributed by atoms with van der Waals surface area (Å²) in [5, 5.41) is 4.31. The van der Waals surface area contributed by atoms with E-state index in [-0.39, 0.29) is 11.9 Å². The standard InChI is InChI=1S/C28H22FN7/c1-15-18-11-10-17(12-23(18)36-35-15)32-28-31-14-16-13-30-26(19-6-2-4-8-21(19)29)24-20-7-3-5-9-22(20)33-27(24)25(16)34-28/h2-12,14-15,33,35-36H,13H2,1H3,(H,31,32,34). The van der Waals surface area contributed by atoms with Crippen molar-refractivity contribution < 1.29 is 4.39 Å². The minimum Gasteiger partial charge on any atom is -0.353 e. The number of H-pyrrole nitrogens is 1. The van der Waals surface area contributed by atoms with Gasteiger partial charge in [-0.05, 0) is 42.8 Å². The minimum absolute atomic E-state index is 0.252. The third-order valence-electron chi connectivity index (χ3n) is 6.78. The Hall–Kier alpha value is -4.56. The summed E-state index contributed by atoms with van der Waals surface area (Å²) in [6.45, 7) is 2.46. The fourth-order valence-corrected chi connectivity index (χ4v) is 4.99. The van der Waals surface area contributed by atoms with Gasteiger partial charge in [0.05, 0.1) is 35.4 Å². The number of aromatic amines is 1. The zero-order valence-corrected chi connectivity index (χ0v) is 19.4. The highest BCUT2D eigenvalue weighted by Crippen LogP contribution is 2.37. The van der Waals surface area contributed by atoms with Crippen molar-refractivity contribution in [3.63, 3.8) is 0 Å². The topological polar surface area (TPSA) is 90.0 Å². The van der Waals surface area contributed by atoms with E-state index >= 15 is 0 Å². The molecular formula is C28H22FN7. The highest BCUT2D eigenvalue weighted by molar-refractivity contribution is 6.23. The van der Waals surface area contributed by atoms with Crippen LogP contribution in [0.3, 0.4) is 0 Å². The Morgan fingerprint density at radius 1 is 1.03 bits per heavy atom. The van der Waals surface area contributed by atoms with Gasteiger partial charge in [-0.15, -0.1) is 0 Å². The van der Waals surface area contributed by atoms with Gasteiger partial charge in [-0.1, -0.05) is 36.4 Å². The monoisotopic (exact) mass is 475 g/mol. The Labute approximate surface area is 206 Å². The van der Waals surface area contributed by atoms with Gasteiger partial charge in [-0.25, -0.2) is 19.8 Å². The lowest BCUT2D eigenvalue weighted by molar-refractivity contribution is 0.625. The molecular weight excluding hydrogens is 453 g/mol. The lowest BCUT2D eigenvalue weighted by atomic mass is 9.98. The Kier molecular flexibility index (Phi) is 4.62. The predicted molar refractivity (Wildman–Crippen MR) is 140 cm³/mol. The molecule has 3 aromatic carbocycles. The molecule has 1 unspecified atom stereocenters. The van der Waals surface area contributed by atoms with Gasteiger partial charge in [0.2, 0.25) is 5.95 Å². The van der Waals surface area contributed by atoms with E-state index in [1.165, 1.54) is 11.6 Å². The van der Waals surface area contributed by atoms with Crippen molar-refractivity contribution in [1.82, 2.24) is 20.4 Å². The molecule has 0 saturated carbocycles. The normalized spacial score (nSPS) is 15.9. The van der Waals surface area contributed by atoms with Gasteiger partial charge in [0.1, 0.15) is 5.82 Å². The van der Waals surface area contributed by atoms with Crippen LogP contribution in [0, 0.1) is 5.82 Å². The van der Waals surface area contributed by atoms with Crippen LogP contribution in [0.4, 0.5) is 21.7 Å². The number of para-hydroxylation sites is 1. The first-order valence-electron chi connectivity index (χ1n) is 11.8. The molecule has 8 heteroatoms. The summed E-state index contributed by atoms with van der Waals surface area (Å²) in [6, 6.07) is 21.1. The van der Waals surface area contributed by atoms with Gasteiger partial charge in [0.15, 0.2) is 0 Å². The maximum atomic E-state index is 14.9. The van der Waals surface area contributed by atoms with Crippen molar-refractivity contribution in [1.29, 1.82) is 0 Å². The number of anilines is 3. The fraction of sp³-hybridized carbons (Fsp3) is 0.107. The lowest BCUT2D eigenvalue weighted by Crippen LogP contribution is -2.15. The molecule has 1 atom stereocenters. The number of nitrogens with zero attached hydrogens (tertiary/aromatic N) is 3. The number of rotatable bonds is 3. The van der Waals surface area contributed by atoms with Crippen LogP contribution < -0.4 is 16.2 Å². The minimum atomic E-state index is -0.305. The average Bonchev–Trinajstić information content (AvgIpc) is 3.42. The summed E-state index contributed by atoms with van der Waals surface area (Å²) in [4.78, 5) is 17.9. The van der Waals surface area contributed by atoms with Gasteiger partial charge < -0.3 is 15.7 Å². The molecule has 4 heterocycles. The average molecular weight is 476 g/mol. The Balaban J connectivity index is 1.36. The van der Waals surface area contributed by atoms with E-state index < -0.39 is 0 Å². The largest absolute Gasteiger partial charge is 0.353 e.